The molecule has 96 valence electrons. The standard InChI is InChI=1S/C14H18N2O2/c1-3-17-13-6-4-5-12(8-13)9-15-10-14-7-11(2)16-18-14/h4-8,15H,3,9-10H2,1-2H3. The molecule has 1 N–H and O–H groups in total. The summed E-state index contributed by atoms with van der Waals surface area (Å²) in [6, 6.07) is 10.0. The third-order valence-electron chi connectivity index (χ3n) is 2.51. The van der Waals surface area contributed by atoms with Crippen molar-refractivity contribution in [3.05, 3.63) is 47.3 Å². The summed E-state index contributed by atoms with van der Waals surface area (Å²) in [5.41, 5.74) is 2.10. The minimum absolute atomic E-state index is 0.680. The monoisotopic (exact) mass is 246 g/mol. The van der Waals surface area contributed by atoms with E-state index < -0.39 is 0 Å². The number of aryl methyl sites for hydroxylation is 1. The van der Waals surface area contributed by atoms with Crippen LogP contribution in [0.1, 0.15) is 23.9 Å². The molecule has 2 rings (SSSR count). The highest BCUT2D eigenvalue weighted by Gasteiger charge is 2.00. The fraction of sp³-hybridized carbons (Fsp3) is 0.357. The third-order valence-corrected chi connectivity index (χ3v) is 2.51. The second-order valence-corrected chi connectivity index (χ2v) is 4.12. The van der Waals surface area contributed by atoms with Crippen molar-refractivity contribution in [2.45, 2.75) is 26.9 Å². The molecule has 4 heteroatoms. The molecule has 0 amide bonds. The highest BCUT2D eigenvalue weighted by atomic mass is 16.5. The summed E-state index contributed by atoms with van der Waals surface area (Å²) in [5, 5.41) is 7.16. The Hall–Kier alpha value is -1.81. The van der Waals surface area contributed by atoms with Gasteiger partial charge in [0.05, 0.1) is 18.8 Å². The second kappa shape index (κ2) is 6.21. The summed E-state index contributed by atoms with van der Waals surface area (Å²) < 4.78 is 10.6. The average Bonchev–Trinajstić information content (AvgIpc) is 2.76. The van der Waals surface area contributed by atoms with E-state index in [1.807, 2.05) is 38.1 Å². The zero-order valence-corrected chi connectivity index (χ0v) is 10.8. The van der Waals surface area contributed by atoms with Gasteiger partial charge in [-0.15, -0.1) is 0 Å². The first-order valence-corrected chi connectivity index (χ1v) is 6.12. The van der Waals surface area contributed by atoms with E-state index in [2.05, 4.69) is 16.5 Å². The van der Waals surface area contributed by atoms with Gasteiger partial charge in [-0.3, -0.25) is 0 Å². The van der Waals surface area contributed by atoms with Gasteiger partial charge in [0, 0.05) is 12.6 Å². The van der Waals surface area contributed by atoms with Crippen molar-refractivity contribution in [3.8, 4) is 5.75 Å². The molecule has 0 radical (unpaired) electrons. The van der Waals surface area contributed by atoms with Crippen LogP contribution < -0.4 is 10.1 Å². The molecular weight excluding hydrogens is 228 g/mol. The summed E-state index contributed by atoms with van der Waals surface area (Å²) >= 11 is 0. The molecular formula is C14H18N2O2. The first-order chi connectivity index (χ1) is 8.78. The molecule has 1 aromatic carbocycles. The quantitative estimate of drug-likeness (QED) is 0.851. The van der Waals surface area contributed by atoms with Crippen LogP contribution in [-0.2, 0) is 13.1 Å². The predicted octanol–water partition coefficient (Wildman–Crippen LogP) is 2.67. The van der Waals surface area contributed by atoms with Gasteiger partial charge in [-0.25, -0.2) is 0 Å². The Balaban J connectivity index is 1.84. The van der Waals surface area contributed by atoms with Crippen LogP contribution in [0.15, 0.2) is 34.9 Å². The van der Waals surface area contributed by atoms with Gasteiger partial charge in [0.15, 0.2) is 5.76 Å². The van der Waals surface area contributed by atoms with Crippen molar-refractivity contribution in [3.63, 3.8) is 0 Å². The lowest BCUT2D eigenvalue weighted by molar-refractivity contribution is 0.339. The number of ether oxygens (including phenoxy) is 1. The number of nitrogens with zero attached hydrogens (tertiary/aromatic N) is 1. The Bertz CT molecular complexity index is 494. The summed E-state index contributed by atoms with van der Waals surface area (Å²) in [5.74, 6) is 1.76. The fourth-order valence-corrected chi connectivity index (χ4v) is 1.74. The smallest absolute Gasteiger partial charge is 0.150 e. The predicted molar refractivity (Wildman–Crippen MR) is 69.4 cm³/mol. The van der Waals surface area contributed by atoms with Gasteiger partial charge in [-0.05, 0) is 31.5 Å². The number of rotatable bonds is 6. The van der Waals surface area contributed by atoms with Gasteiger partial charge < -0.3 is 14.6 Å². The number of aromatic nitrogens is 1. The molecule has 2 aromatic rings. The molecule has 0 saturated carbocycles. The van der Waals surface area contributed by atoms with Gasteiger partial charge in [0.25, 0.3) is 0 Å². The molecule has 0 saturated heterocycles. The maximum atomic E-state index is 5.46. The van der Waals surface area contributed by atoms with Crippen LogP contribution >= 0.6 is 0 Å². The van der Waals surface area contributed by atoms with E-state index in [-0.39, 0.29) is 0 Å². The van der Waals surface area contributed by atoms with Crippen LogP contribution in [-0.4, -0.2) is 11.8 Å². The van der Waals surface area contributed by atoms with E-state index in [4.69, 9.17) is 9.26 Å². The van der Waals surface area contributed by atoms with Crippen molar-refractivity contribution < 1.29 is 9.26 Å². The maximum absolute atomic E-state index is 5.46. The Kier molecular flexibility index (Phi) is 4.36. The third kappa shape index (κ3) is 3.60. The minimum atomic E-state index is 0.680. The fourth-order valence-electron chi connectivity index (χ4n) is 1.74. The summed E-state index contributed by atoms with van der Waals surface area (Å²) in [6.45, 7) is 6.05. The van der Waals surface area contributed by atoms with Gasteiger partial charge in [0.2, 0.25) is 0 Å². The average molecular weight is 246 g/mol. The van der Waals surface area contributed by atoms with Crippen molar-refractivity contribution in [2.75, 3.05) is 6.61 Å². The molecule has 0 aliphatic carbocycles. The molecule has 0 fully saturated rings. The normalized spacial score (nSPS) is 10.6. The highest BCUT2D eigenvalue weighted by molar-refractivity contribution is 5.28. The molecule has 0 unspecified atom stereocenters. The molecule has 0 atom stereocenters. The lowest BCUT2D eigenvalue weighted by atomic mass is 10.2. The molecule has 1 heterocycles. The first kappa shape index (κ1) is 12.6. The molecule has 4 nitrogen and oxygen atoms in total. The molecule has 1 aromatic heterocycles. The first-order valence-electron chi connectivity index (χ1n) is 6.12. The molecule has 0 spiro atoms. The topological polar surface area (TPSA) is 47.3 Å². The summed E-state index contributed by atoms with van der Waals surface area (Å²) in [6.07, 6.45) is 0. The molecule has 0 aliphatic heterocycles. The van der Waals surface area contributed by atoms with Gasteiger partial charge in [-0.2, -0.15) is 0 Å². The minimum Gasteiger partial charge on any atom is -0.494 e. The molecule has 0 bridgehead atoms. The van der Waals surface area contributed by atoms with Gasteiger partial charge in [0.1, 0.15) is 5.75 Å². The SMILES string of the molecule is CCOc1cccc(CNCc2cc(C)no2)c1. The zero-order chi connectivity index (χ0) is 12.8. The Morgan fingerprint density at radius 2 is 2.17 bits per heavy atom. The van der Waals surface area contributed by atoms with Gasteiger partial charge >= 0.3 is 0 Å². The van der Waals surface area contributed by atoms with Crippen molar-refractivity contribution in [1.29, 1.82) is 0 Å². The second-order valence-electron chi connectivity index (χ2n) is 4.12. The van der Waals surface area contributed by atoms with Crippen LogP contribution in [0.4, 0.5) is 0 Å². The maximum Gasteiger partial charge on any atom is 0.150 e. The van der Waals surface area contributed by atoms with Crippen molar-refractivity contribution in [1.82, 2.24) is 10.5 Å². The number of hydrogen-bond acceptors (Lipinski definition) is 4. The van der Waals surface area contributed by atoms with Crippen LogP contribution in [0.25, 0.3) is 0 Å². The zero-order valence-electron chi connectivity index (χ0n) is 10.8. The Morgan fingerprint density at radius 3 is 2.89 bits per heavy atom. The summed E-state index contributed by atoms with van der Waals surface area (Å²) in [4.78, 5) is 0. The van der Waals surface area contributed by atoms with Gasteiger partial charge in [-0.1, -0.05) is 17.3 Å². The number of hydrogen-bond donors (Lipinski definition) is 1. The van der Waals surface area contributed by atoms with Crippen molar-refractivity contribution in [2.24, 2.45) is 0 Å². The Labute approximate surface area is 107 Å². The lowest BCUT2D eigenvalue weighted by Gasteiger charge is -2.06. The van der Waals surface area contributed by atoms with Crippen LogP contribution in [0.2, 0.25) is 0 Å². The summed E-state index contributed by atoms with van der Waals surface area (Å²) in [7, 11) is 0. The van der Waals surface area contributed by atoms with Crippen LogP contribution in [0.5, 0.6) is 5.75 Å². The van der Waals surface area contributed by atoms with E-state index >= 15 is 0 Å². The van der Waals surface area contributed by atoms with E-state index in [0.29, 0.717) is 13.2 Å². The lowest BCUT2D eigenvalue weighted by Crippen LogP contribution is -2.12. The van der Waals surface area contributed by atoms with Crippen LogP contribution in [0.3, 0.4) is 0 Å². The van der Waals surface area contributed by atoms with E-state index in [1.165, 1.54) is 5.56 Å². The largest absolute Gasteiger partial charge is 0.494 e. The van der Waals surface area contributed by atoms with E-state index in [0.717, 1.165) is 23.7 Å². The van der Waals surface area contributed by atoms with Crippen LogP contribution in [0, 0.1) is 6.92 Å². The Morgan fingerprint density at radius 1 is 1.28 bits per heavy atom. The van der Waals surface area contributed by atoms with E-state index in [9.17, 15) is 0 Å². The van der Waals surface area contributed by atoms with Crippen molar-refractivity contribution >= 4 is 0 Å². The molecule has 0 aliphatic rings. The number of nitrogens with one attached hydrogen (secondary N) is 1. The highest BCUT2D eigenvalue weighted by Crippen LogP contribution is 2.13. The number of benzene rings is 1. The van der Waals surface area contributed by atoms with E-state index in [1.54, 1.807) is 0 Å². The molecule has 18 heavy (non-hydrogen) atoms.